The summed E-state index contributed by atoms with van der Waals surface area (Å²) in [6, 6.07) is 9.40. The van der Waals surface area contributed by atoms with E-state index in [1.807, 2.05) is 0 Å². The molecule has 4 heteroatoms. The minimum atomic E-state index is -0.328. The van der Waals surface area contributed by atoms with Crippen molar-refractivity contribution in [2.75, 3.05) is 5.73 Å². The molecule has 0 fully saturated rings. The van der Waals surface area contributed by atoms with Crippen molar-refractivity contribution in [3.63, 3.8) is 0 Å². The number of Topliss-reactive ketones (excluding diaryl/α,β-unsaturated/α-hetero) is 1. The van der Waals surface area contributed by atoms with E-state index in [1.54, 1.807) is 37.3 Å². The molecule has 0 amide bonds. The van der Waals surface area contributed by atoms with Crippen LogP contribution in [-0.4, -0.2) is 5.78 Å². The predicted molar refractivity (Wildman–Crippen MR) is 72.1 cm³/mol. The van der Waals surface area contributed by atoms with Gasteiger partial charge in [-0.05, 0) is 37.6 Å². The average Bonchev–Trinajstić information content (AvgIpc) is 2.33. The first-order chi connectivity index (χ1) is 8.97. The van der Waals surface area contributed by atoms with Crippen molar-refractivity contribution in [2.45, 2.75) is 13.8 Å². The summed E-state index contributed by atoms with van der Waals surface area (Å²) >= 11 is 0. The van der Waals surface area contributed by atoms with E-state index >= 15 is 0 Å². The van der Waals surface area contributed by atoms with Crippen LogP contribution in [0.1, 0.15) is 22.8 Å². The lowest BCUT2D eigenvalue weighted by Gasteiger charge is -2.09. The smallest absolute Gasteiger partial charge is 0.161 e. The number of carbonyl (C=O) groups is 1. The van der Waals surface area contributed by atoms with E-state index in [9.17, 15) is 9.18 Å². The molecule has 2 N–H and O–H groups in total. The summed E-state index contributed by atoms with van der Waals surface area (Å²) in [7, 11) is 0. The van der Waals surface area contributed by atoms with Crippen molar-refractivity contribution < 1.29 is 13.9 Å². The molecule has 0 atom stereocenters. The summed E-state index contributed by atoms with van der Waals surface area (Å²) in [6.07, 6.45) is 0. The second kappa shape index (κ2) is 5.10. The van der Waals surface area contributed by atoms with E-state index in [0.29, 0.717) is 28.3 Å². The van der Waals surface area contributed by atoms with Crippen molar-refractivity contribution in [2.24, 2.45) is 0 Å². The van der Waals surface area contributed by atoms with Crippen LogP contribution in [0.4, 0.5) is 10.1 Å². The highest BCUT2D eigenvalue weighted by atomic mass is 19.1. The lowest BCUT2D eigenvalue weighted by molar-refractivity contribution is 0.101. The van der Waals surface area contributed by atoms with Gasteiger partial charge in [-0.3, -0.25) is 4.79 Å². The number of benzene rings is 2. The fourth-order valence-electron chi connectivity index (χ4n) is 1.70. The van der Waals surface area contributed by atoms with Gasteiger partial charge in [0.2, 0.25) is 0 Å². The van der Waals surface area contributed by atoms with Gasteiger partial charge in [0.1, 0.15) is 17.3 Å². The standard InChI is InChI=1S/C15H14FNO2/c1-9-3-4-11(7-14(9)16)19-12-5-6-13(10(2)18)15(17)8-12/h3-8H,17H2,1-2H3. The van der Waals surface area contributed by atoms with Crippen molar-refractivity contribution >= 4 is 11.5 Å². The number of aryl methyl sites for hydroxylation is 1. The molecular weight excluding hydrogens is 245 g/mol. The van der Waals surface area contributed by atoms with Crippen LogP contribution in [-0.2, 0) is 0 Å². The number of rotatable bonds is 3. The second-order valence-electron chi connectivity index (χ2n) is 4.32. The highest BCUT2D eigenvalue weighted by Crippen LogP contribution is 2.26. The van der Waals surface area contributed by atoms with Gasteiger partial charge in [-0.1, -0.05) is 6.07 Å². The third-order valence-electron chi connectivity index (χ3n) is 2.78. The Morgan fingerprint density at radius 1 is 1.16 bits per heavy atom. The van der Waals surface area contributed by atoms with Crippen LogP contribution in [0.2, 0.25) is 0 Å². The summed E-state index contributed by atoms with van der Waals surface area (Å²) in [5, 5.41) is 0. The fraction of sp³-hybridized carbons (Fsp3) is 0.133. The molecule has 2 rings (SSSR count). The van der Waals surface area contributed by atoms with Crippen LogP contribution in [0.15, 0.2) is 36.4 Å². The quantitative estimate of drug-likeness (QED) is 0.675. The molecule has 3 nitrogen and oxygen atoms in total. The van der Waals surface area contributed by atoms with Gasteiger partial charge in [0, 0.05) is 23.4 Å². The first-order valence-corrected chi connectivity index (χ1v) is 5.82. The molecule has 2 aromatic rings. The van der Waals surface area contributed by atoms with Crippen molar-refractivity contribution in [1.82, 2.24) is 0 Å². The molecule has 0 radical (unpaired) electrons. The highest BCUT2D eigenvalue weighted by Gasteiger charge is 2.07. The van der Waals surface area contributed by atoms with Gasteiger partial charge in [-0.2, -0.15) is 0 Å². The SMILES string of the molecule is CC(=O)c1ccc(Oc2ccc(C)c(F)c2)cc1N. The van der Waals surface area contributed by atoms with E-state index < -0.39 is 0 Å². The maximum atomic E-state index is 13.4. The molecule has 98 valence electrons. The van der Waals surface area contributed by atoms with Crippen LogP contribution >= 0.6 is 0 Å². The number of carbonyl (C=O) groups excluding carboxylic acids is 1. The number of hydrogen-bond acceptors (Lipinski definition) is 3. The van der Waals surface area contributed by atoms with Gasteiger partial charge in [-0.15, -0.1) is 0 Å². The van der Waals surface area contributed by atoms with E-state index in [1.165, 1.54) is 13.0 Å². The number of nitrogen functional groups attached to an aromatic ring is 1. The Hall–Kier alpha value is -2.36. The zero-order valence-corrected chi connectivity index (χ0v) is 10.7. The molecule has 0 saturated heterocycles. The third-order valence-corrected chi connectivity index (χ3v) is 2.78. The van der Waals surface area contributed by atoms with Gasteiger partial charge in [0.05, 0.1) is 0 Å². The van der Waals surface area contributed by atoms with Crippen LogP contribution in [0.3, 0.4) is 0 Å². The normalized spacial score (nSPS) is 10.3. The first kappa shape index (κ1) is 13.1. The van der Waals surface area contributed by atoms with E-state index in [4.69, 9.17) is 10.5 Å². The minimum Gasteiger partial charge on any atom is -0.457 e. The second-order valence-corrected chi connectivity index (χ2v) is 4.32. The van der Waals surface area contributed by atoms with E-state index in [2.05, 4.69) is 0 Å². The minimum absolute atomic E-state index is 0.106. The molecule has 0 unspecified atom stereocenters. The molecule has 0 aliphatic heterocycles. The van der Waals surface area contributed by atoms with E-state index in [-0.39, 0.29) is 11.6 Å². The summed E-state index contributed by atoms with van der Waals surface area (Å²) in [4.78, 5) is 11.2. The Morgan fingerprint density at radius 3 is 2.37 bits per heavy atom. The molecular formula is C15H14FNO2. The van der Waals surface area contributed by atoms with Gasteiger partial charge in [0.25, 0.3) is 0 Å². The molecule has 0 aromatic heterocycles. The predicted octanol–water partition coefficient (Wildman–Crippen LogP) is 3.71. The molecule has 0 heterocycles. The molecule has 0 spiro atoms. The number of nitrogens with two attached hydrogens (primary N) is 1. The molecule has 0 aliphatic rings. The van der Waals surface area contributed by atoms with Crippen LogP contribution < -0.4 is 10.5 Å². The van der Waals surface area contributed by atoms with E-state index in [0.717, 1.165) is 0 Å². The lowest BCUT2D eigenvalue weighted by Crippen LogP contribution is -1.99. The number of anilines is 1. The summed E-state index contributed by atoms with van der Waals surface area (Å²) in [5.41, 5.74) is 7.10. The number of ketones is 1. The Bertz CT molecular complexity index is 638. The van der Waals surface area contributed by atoms with Gasteiger partial charge >= 0.3 is 0 Å². The lowest BCUT2D eigenvalue weighted by atomic mass is 10.1. The van der Waals surface area contributed by atoms with Gasteiger partial charge in [-0.25, -0.2) is 4.39 Å². The monoisotopic (exact) mass is 259 g/mol. The zero-order valence-electron chi connectivity index (χ0n) is 10.7. The largest absolute Gasteiger partial charge is 0.457 e. The number of hydrogen-bond donors (Lipinski definition) is 1. The Morgan fingerprint density at radius 2 is 1.79 bits per heavy atom. The molecule has 19 heavy (non-hydrogen) atoms. The third kappa shape index (κ3) is 2.91. The van der Waals surface area contributed by atoms with Crippen molar-refractivity contribution in [3.8, 4) is 11.5 Å². The first-order valence-electron chi connectivity index (χ1n) is 5.82. The maximum Gasteiger partial charge on any atom is 0.161 e. The van der Waals surface area contributed by atoms with Crippen molar-refractivity contribution in [3.05, 3.63) is 53.3 Å². The highest BCUT2D eigenvalue weighted by molar-refractivity contribution is 5.99. The Balaban J connectivity index is 2.26. The number of ether oxygens (including phenoxy) is 1. The molecule has 0 bridgehead atoms. The van der Waals surface area contributed by atoms with Crippen LogP contribution in [0.25, 0.3) is 0 Å². The number of halogens is 1. The summed E-state index contributed by atoms with van der Waals surface area (Å²) in [5.74, 6) is 0.417. The van der Waals surface area contributed by atoms with Crippen LogP contribution in [0.5, 0.6) is 11.5 Å². The van der Waals surface area contributed by atoms with Crippen molar-refractivity contribution in [1.29, 1.82) is 0 Å². The Kier molecular flexibility index (Phi) is 3.51. The molecule has 0 saturated carbocycles. The van der Waals surface area contributed by atoms with Gasteiger partial charge < -0.3 is 10.5 Å². The van der Waals surface area contributed by atoms with Gasteiger partial charge in [0.15, 0.2) is 5.78 Å². The Labute approximate surface area is 110 Å². The topological polar surface area (TPSA) is 52.3 Å². The summed E-state index contributed by atoms with van der Waals surface area (Å²) in [6.45, 7) is 3.13. The molecule has 0 aliphatic carbocycles. The maximum absolute atomic E-state index is 13.4. The molecule has 2 aromatic carbocycles. The zero-order chi connectivity index (χ0) is 14.0. The summed E-state index contributed by atoms with van der Waals surface area (Å²) < 4.78 is 18.9. The van der Waals surface area contributed by atoms with Crippen LogP contribution in [0, 0.1) is 12.7 Å². The average molecular weight is 259 g/mol. The fourth-order valence-corrected chi connectivity index (χ4v) is 1.70.